The molecule has 3 heterocycles. The number of amides is 3. The van der Waals surface area contributed by atoms with Crippen LogP contribution in [0.4, 0.5) is 0 Å². The number of H-pyrrole nitrogens is 1. The van der Waals surface area contributed by atoms with Crippen molar-refractivity contribution in [1.29, 1.82) is 0 Å². The highest BCUT2D eigenvalue weighted by Gasteiger charge is 2.30. The molecule has 186 valence electrons. The number of fused-ring (bicyclic) bond motifs is 3. The van der Waals surface area contributed by atoms with E-state index in [0.717, 1.165) is 36.1 Å². The molecule has 0 spiro atoms. The van der Waals surface area contributed by atoms with E-state index in [0.29, 0.717) is 24.3 Å². The van der Waals surface area contributed by atoms with Crippen molar-refractivity contribution < 1.29 is 19.1 Å². The van der Waals surface area contributed by atoms with Crippen LogP contribution in [0.1, 0.15) is 53.3 Å². The first-order valence-electron chi connectivity index (χ1n) is 12.3. The lowest BCUT2D eigenvalue weighted by atomic mass is 10.00. The van der Waals surface area contributed by atoms with Crippen LogP contribution in [-0.2, 0) is 16.2 Å². The van der Waals surface area contributed by atoms with Crippen LogP contribution in [-0.4, -0.2) is 52.5 Å². The lowest BCUT2D eigenvalue weighted by Gasteiger charge is -2.33. The van der Waals surface area contributed by atoms with Gasteiger partial charge in [-0.3, -0.25) is 19.5 Å². The van der Waals surface area contributed by atoms with Crippen LogP contribution in [0.5, 0.6) is 5.75 Å². The van der Waals surface area contributed by atoms with E-state index in [9.17, 15) is 14.4 Å². The van der Waals surface area contributed by atoms with Crippen molar-refractivity contribution in [2.75, 3.05) is 19.6 Å². The highest BCUT2D eigenvalue weighted by Crippen LogP contribution is 2.37. The molecule has 5 rings (SSSR count). The van der Waals surface area contributed by atoms with Crippen LogP contribution in [0.25, 0.3) is 11.3 Å². The van der Waals surface area contributed by atoms with Crippen LogP contribution in [0.2, 0.25) is 0 Å². The van der Waals surface area contributed by atoms with E-state index in [-0.39, 0.29) is 37.1 Å². The standard InChI is InChI=1S/C27H29N5O4/c33-23-15-21(18-9-3-1-4-10-18)32(14-8-2-7-13-28-23)24(34)16-29-27(35)26-20-17-36-22-12-6-5-11-19(22)25(20)30-31-26/h1,3-6,9-12,21H,2,7-8,13-17H2,(H,28,33)(H,29,35)(H,30,31). The van der Waals surface area contributed by atoms with Gasteiger partial charge in [0.15, 0.2) is 0 Å². The fourth-order valence-corrected chi connectivity index (χ4v) is 4.80. The summed E-state index contributed by atoms with van der Waals surface area (Å²) in [5.41, 5.74) is 3.34. The molecule has 0 saturated carbocycles. The third kappa shape index (κ3) is 4.95. The molecule has 36 heavy (non-hydrogen) atoms. The lowest BCUT2D eigenvalue weighted by molar-refractivity contribution is -0.134. The Morgan fingerprint density at radius 3 is 2.72 bits per heavy atom. The number of ether oxygens (including phenoxy) is 1. The van der Waals surface area contributed by atoms with Crippen LogP contribution < -0.4 is 15.4 Å². The van der Waals surface area contributed by atoms with Crippen molar-refractivity contribution in [2.45, 2.75) is 38.3 Å². The van der Waals surface area contributed by atoms with Gasteiger partial charge in [-0.15, -0.1) is 0 Å². The van der Waals surface area contributed by atoms with Crippen molar-refractivity contribution in [3.05, 3.63) is 71.4 Å². The smallest absolute Gasteiger partial charge is 0.270 e. The number of hydrogen-bond donors (Lipinski definition) is 3. The van der Waals surface area contributed by atoms with Crippen LogP contribution in [0, 0.1) is 0 Å². The van der Waals surface area contributed by atoms with E-state index in [1.54, 1.807) is 4.90 Å². The largest absolute Gasteiger partial charge is 0.488 e. The van der Waals surface area contributed by atoms with Crippen LogP contribution >= 0.6 is 0 Å². The summed E-state index contributed by atoms with van der Waals surface area (Å²) in [6.07, 6.45) is 2.77. The van der Waals surface area contributed by atoms with Gasteiger partial charge >= 0.3 is 0 Å². The molecule has 2 aliphatic rings. The average Bonchev–Trinajstić information content (AvgIpc) is 3.36. The number of carbonyl (C=O) groups excluding carboxylic acids is 3. The summed E-state index contributed by atoms with van der Waals surface area (Å²) >= 11 is 0. The number of carbonyl (C=O) groups is 3. The van der Waals surface area contributed by atoms with Crippen molar-refractivity contribution in [2.24, 2.45) is 0 Å². The molecule has 1 atom stereocenters. The SMILES string of the molecule is O=C1CC(c2ccccc2)N(C(=O)CNC(=O)c2[nH]nc3c2COc2ccccc2-3)CCCCCN1. The van der Waals surface area contributed by atoms with Crippen molar-refractivity contribution in [3.63, 3.8) is 0 Å². The minimum absolute atomic E-state index is 0.0862. The molecule has 9 heteroatoms. The maximum atomic E-state index is 13.4. The van der Waals surface area contributed by atoms with Gasteiger partial charge < -0.3 is 20.3 Å². The molecule has 1 fully saturated rings. The molecular formula is C27H29N5O4. The Hall–Kier alpha value is -4.14. The predicted molar refractivity (Wildman–Crippen MR) is 133 cm³/mol. The molecule has 1 aromatic heterocycles. The van der Waals surface area contributed by atoms with E-state index in [1.165, 1.54) is 0 Å². The summed E-state index contributed by atoms with van der Waals surface area (Å²) in [5.74, 6) is -0.0221. The molecule has 3 N–H and O–H groups in total. The molecule has 1 unspecified atom stereocenters. The zero-order valence-electron chi connectivity index (χ0n) is 20.0. The van der Waals surface area contributed by atoms with Gasteiger partial charge in [0.25, 0.3) is 5.91 Å². The zero-order valence-corrected chi connectivity index (χ0v) is 20.0. The van der Waals surface area contributed by atoms with E-state index in [1.807, 2.05) is 54.6 Å². The Bertz CT molecular complexity index is 1260. The van der Waals surface area contributed by atoms with Crippen LogP contribution in [0.3, 0.4) is 0 Å². The third-order valence-corrected chi connectivity index (χ3v) is 6.67. The molecule has 1 saturated heterocycles. The number of hydrogen-bond acceptors (Lipinski definition) is 5. The monoisotopic (exact) mass is 487 g/mol. The molecule has 2 aromatic carbocycles. The number of para-hydroxylation sites is 1. The van der Waals surface area contributed by atoms with E-state index >= 15 is 0 Å². The second-order valence-corrected chi connectivity index (χ2v) is 9.02. The van der Waals surface area contributed by atoms with Gasteiger partial charge in [0.2, 0.25) is 11.8 Å². The molecule has 0 bridgehead atoms. The van der Waals surface area contributed by atoms with Crippen molar-refractivity contribution in [1.82, 2.24) is 25.7 Å². The zero-order chi connectivity index (χ0) is 24.9. The van der Waals surface area contributed by atoms with Crippen molar-refractivity contribution in [3.8, 4) is 17.0 Å². The van der Waals surface area contributed by atoms with Gasteiger partial charge in [0.05, 0.1) is 19.0 Å². The quantitative estimate of drug-likeness (QED) is 0.523. The van der Waals surface area contributed by atoms with E-state index in [2.05, 4.69) is 20.8 Å². The Morgan fingerprint density at radius 1 is 1.06 bits per heavy atom. The highest BCUT2D eigenvalue weighted by atomic mass is 16.5. The molecule has 0 aliphatic carbocycles. The molecule has 0 radical (unpaired) electrons. The minimum Gasteiger partial charge on any atom is -0.488 e. The maximum absolute atomic E-state index is 13.4. The number of aromatic amines is 1. The van der Waals surface area contributed by atoms with Gasteiger partial charge in [-0.2, -0.15) is 5.10 Å². The van der Waals surface area contributed by atoms with Gasteiger partial charge in [-0.05, 0) is 37.0 Å². The maximum Gasteiger partial charge on any atom is 0.270 e. The number of benzene rings is 2. The summed E-state index contributed by atoms with van der Waals surface area (Å²) in [6, 6.07) is 16.7. The summed E-state index contributed by atoms with van der Waals surface area (Å²) in [7, 11) is 0. The summed E-state index contributed by atoms with van der Waals surface area (Å²) in [4.78, 5) is 40.7. The Kier molecular flexibility index (Phi) is 6.97. The summed E-state index contributed by atoms with van der Waals surface area (Å²) in [6.45, 7) is 1.20. The van der Waals surface area contributed by atoms with Gasteiger partial charge in [0.1, 0.15) is 23.7 Å². The average molecular weight is 488 g/mol. The van der Waals surface area contributed by atoms with E-state index in [4.69, 9.17) is 4.74 Å². The van der Waals surface area contributed by atoms with Gasteiger partial charge in [-0.25, -0.2) is 0 Å². The van der Waals surface area contributed by atoms with Crippen molar-refractivity contribution >= 4 is 17.7 Å². The molecule has 3 amide bonds. The first-order chi connectivity index (χ1) is 17.6. The van der Waals surface area contributed by atoms with E-state index < -0.39 is 11.9 Å². The summed E-state index contributed by atoms with van der Waals surface area (Å²) in [5, 5.41) is 12.8. The molecule has 9 nitrogen and oxygen atoms in total. The number of aromatic nitrogens is 2. The fourth-order valence-electron chi connectivity index (χ4n) is 4.80. The number of rotatable bonds is 4. The Balaban J connectivity index is 1.32. The molecule has 3 aromatic rings. The predicted octanol–water partition coefficient (Wildman–Crippen LogP) is 2.96. The Labute approximate surface area is 209 Å². The number of nitrogens with one attached hydrogen (secondary N) is 3. The van der Waals surface area contributed by atoms with Gasteiger partial charge in [0, 0.05) is 24.2 Å². The fraction of sp³-hybridized carbons (Fsp3) is 0.333. The second-order valence-electron chi connectivity index (χ2n) is 9.02. The lowest BCUT2D eigenvalue weighted by Crippen LogP contribution is -2.44. The molecular weight excluding hydrogens is 458 g/mol. The molecule has 2 aliphatic heterocycles. The summed E-state index contributed by atoms with van der Waals surface area (Å²) < 4.78 is 5.79. The first kappa shape index (κ1) is 23.6. The topological polar surface area (TPSA) is 116 Å². The van der Waals surface area contributed by atoms with Crippen LogP contribution in [0.15, 0.2) is 54.6 Å². The normalized spacial score (nSPS) is 17.7. The second kappa shape index (κ2) is 10.6. The van der Waals surface area contributed by atoms with Gasteiger partial charge in [-0.1, -0.05) is 42.5 Å². The highest BCUT2D eigenvalue weighted by molar-refractivity contribution is 5.98. The third-order valence-electron chi connectivity index (χ3n) is 6.67. The first-order valence-corrected chi connectivity index (χ1v) is 12.3. The minimum atomic E-state index is -0.421. The number of nitrogens with zero attached hydrogens (tertiary/aromatic N) is 2. The Morgan fingerprint density at radius 2 is 1.86 bits per heavy atom.